The van der Waals surface area contributed by atoms with Crippen molar-refractivity contribution < 1.29 is 27.8 Å². The lowest BCUT2D eigenvalue weighted by Crippen LogP contribution is -2.57. The molecule has 6 aromatic heterocycles. The van der Waals surface area contributed by atoms with Gasteiger partial charge in [0.05, 0.1) is 34.8 Å². The summed E-state index contributed by atoms with van der Waals surface area (Å²) in [6, 6.07) is 12.4. The number of ether oxygens (including phenoxy) is 3. The number of hydrogen-bond acceptors (Lipinski definition) is 14. The fraction of sp³-hybridized carbons (Fsp3) is 0.392. The highest BCUT2D eigenvalue weighted by Gasteiger charge is 2.39. The van der Waals surface area contributed by atoms with Gasteiger partial charge < -0.3 is 28.9 Å². The molecule has 1 amide bonds. The van der Waals surface area contributed by atoms with E-state index in [0.717, 1.165) is 35.0 Å². The monoisotopic (exact) mass is 985 g/mol. The number of anilines is 2. The van der Waals surface area contributed by atoms with Gasteiger partial charge in [0, 0.05) is 38.6 Å². The molecule has 1 aromatic carbocycles. The third-order valence-electron chi connectivity index (χ3n) is 13.7. The van der Waals surface area contributed by atoms with Gasteiger partial charge in [0.25, 0.3) is 11.1 Å². The van der Waals surface area contributed by atoms with Gasteiger partial charge in [-0.3, -0.25) is 38.7 Å². The minimum Gasteiger partial charge on any atom is -0.476 e. The molecule has 11 rings (SSSR count). The Labute approximate surface area is 410 Å². The summed E-state index contributed by atoms with van der Waals surface area (Å²) in [5.74, 6) is -1.54. The Kier molecular flexibility index (Phi) is 12.6. The highest BCUT2D eigenvalue weighted by atomic mass is 19.1. The molecule has 72 heavy (non-hydrogen) atoms. The number of amides is 1. The molecule has 0 radical (unpaired) electrons. The number of H-pyrrole nitrogens is 2. The molecule has 0 unspecified atom stereocenters. The minimum atomic E-state index is -1.12. The van der Waals surface area contributed by atoms with Gasteiger partial charge in [0.1, 0.15) is 53.3 Å². The lowest BCUT2D eigenvalue weighted by Gasteiger charge is -2.40. The summed E-state index contributed by atoms with van der Waals surface area (Å²) in [4.78, 5) is 93.4. The second-order valence-electron chi connectivity index (χ2n) is 19.1. The van der Waals surface area contributed by atoms with E-state index in [1.54, 1.807) is 36.4 Å². The average molecular weight is 986 g/mol. The SMILES string of the molecule is Cc1ccnc(C(C)C)c1-n1c(=O)nc2c3c([nH]c(=O)c(F)c31)OC[C@@H]1CCCCN21.Cc1ccnc(C(C)C)c1-n1c(=O)nc2c3c([nH]c(=O)c(F)c31)OC[C@@H]1CN(C(=O)OCc3ccccc3)CCN21. The first-order valence-corrected chi connectivity index (χ1v) is 24.1. The number of rotatable bonds is 6. The van der Waals surface area contributed by atoms with E-state index in [2.05, 4.69) is 29.9 Å². The molecule has 2 saturated heterocycles. The standard InChI is InChI=1S/C29H29FN6O5.C22H24FN5O3/c1-16(2)22-23(17(3)9-10-31-22)36-24-20-25(32-28(36)38)35-12-11-34(29(39)41-14-18-7-5-4-6-8-18)13-19(35)15-40-27(20)33-26(37)21(24)30;1-11(2)16-17(12(3)7-8-24-16)28-18-14-19(25-22(28)30)27-9-5-4-6-13(27)10-31-21(14)26-20(29)15(18)23/h4-10,16,19H,11-15H2,1-3H3,(H,33,37);7-8,11,13H,4-6,9-10H2,1-3H3,(H,26,29)/t19-;13-/m00/s1. The number of aryl methyl sites for hydroxylation is 2. The Bertz CT molecular complexity index is 3540. The van der Waals surface area contributed by atoms with Gasteiger partial charge in [0.2, 0.25) is 23.4 Å². The molecular formula is C51H53F2N11O8. The van der Waals surface area contributed by atoms with Crippen LogP contribution in [0, 0.1) is 25.5 Å². The summed E-state index contributed by atoms with van der Waals surface area (Å²) in [6.45, 7) is 13.4. The van der Waals surface area contributed by atoms with Gasteiger partial charge in [0.15, 0.2) is 0 Å². The molecule has 0 spiro atoms. The largest absolute Gasteiger partial charge is 0.476 e. The molecule has 19 nitrogen and oxygen atoms in total. The smallest absolute Gasteiger partial charge is 0.410 e. The third kappa shape index (κ3) is 8.28. The zero-order valence-corrected chi connectivity index (χ0v) is 40.6. The van der Waals surface area contributed by atoms with Crippen molar-refractivity contribution in [3.63, 3.8) is 0 Å². The second-order valence-corrected chi connectivity index (χ2v) is 19.1. The third-order valence-corrected chi connectivity index (χ3v) is 13.7. The quantitative estimate of drug-likeness (QED) is 0.194. The fourth-order valence-electron chi connectivity index (χ4n) is 10.2. The van der Waals surface area contributed by atoms with Crippen molar-refractivity contribution in [3.8, 4) is 23.1 Å². The van der Waals surface area contributed by atoms with Gasteiger partial charge >= 0.3 is 17.5 Å². The highest BCUT2D eigenvalue weighted by molar-refractivity contribution is 5.97. The number of aromatic nitrogens is 8. The number of nitrogens with one attached hydrogen (secondary N) is 2. The van der Waals surface area contributed by atoms with Crippen LogP contribution in [0.2, 0.25) is 0 Å². The first-order chi connectivity index (χ1) is 34.6. The maximum Gasteiger partial charge on any atom is 0.410 e. The summed E-state index contributed by atoms with van der Waals surface area (Å²) in [5.41, 5.74) is 0.667. The predicted octanol–water partition coefficient (Wildman–Crippen LogP) is 6.05. The van der Waals surface area contributed by atoms with Crippen molar-refractivity contribution >= 4 is 39.5 Å². The number of carbonyl (C=O) groups is 1. The van der Waals surface area contributed by atoms with E-state index >= 15 is 8.78 Å². The van der Waals surface area contributed by atoms with Gasteiger partial charge in [-0.05, 0) is 73.8 Å². The molecule has 2 atom stereocenters. The molecule has 0 saturated carbocycles. The molecule has 0 bridgehead atoms. The van der Waals surface area contributed by atoms with Crippen LogP contribution in [0.25, 0.3) is 33.2 Å². The number of hydrogen-bond donors (Lipinski definition) is 2. The Balaban J connectivity index is 0.000000172. The van der Waals surface area contributed by atoms with Crippen LogP contribution in [0.15, 0.2) is 74.0 Å². The van der Waals surface area contributed by atoms with Crippen LogP contribution in [-0.2, 0) is 11.3 Å². The maximum absolute atomic E-state index is 15.8. The van der Waals surface area contributed by atoms with E-state index in [1.165, 1.54) is 4.57 Å². The van der Waals surface area contributed by atoms with E-state index < -0.39 is 46.3 Å². The lowest BCUT2D eigenvalue weighted by atomic mass is 10.0. The first kappa shape index (κ1) is 47.7. The van der Waals surface area contributed by atoms with E-state index in [9.17, 15) is 24.0 Å². The van der Waals surface area contributed by atoms with Crippen LogP contribution in [0.1, 0.15) is 86.9 Å². The number of halogens is 2. The number of nitrogens with zero attached hydrogens (tertiary/aromatic N) is 9. The number of carbonyl (C=O) groups excluding carboxylic acids is 1. The van der Waals surface area contributed by atoms with E-state index in [1.807, 2.05) is 74.8 Å². The molecule has 10 heterocycles. The number of piperidine rings is 1. The van der Waals surface area contributed by atoms with Crippen molar-refractivity contribution in [3.05, 3.63) is 136 Å². The van der Waals surface area contributed by atoms with Crippen LogP contribution in [0.4, 0.5) is 25.2 Å². The summed E-state index contributed by atoms with van der Waals surface area (Å²) in [6.07, 6.45) is 5.68. The summed E-state index contributed by atoms with van der Waals surface area (Å²) in [5, 5.41) is 0.501. The second kappa shape index (κ2) is 19.0. The maximum atomic E-state index is 15.8. The zero-order valence-electron chi connectivity index (χ0n) is 40.6. The summed E-state index contributed by atoms with van der Waals surface area (Å²) in [7, 11) is 0. The van der Waals surface area contributed by atoms with Crippen LogP contribution < -0.4 is 41.8 Å². The summed E-state index contributed by atoms with van der Waals surface area (Å²) >= 11 is 0. The highest BCUT2D eigenvalue weighted by Crippen LogP contribution is 2.40. The Hall–Kier alpha value is -7.97. The number of pyridine rings is 4. The lowest BCUT2D eigenvalue weighted by molar-refractivity contribution is 0.0850. The van der Waals surface area contributed by atoms with Gasteiger partial charge in [-0.15, -0.1) is 0 Å². The number of fused-ring (bicyclic) bond motifs is 4. The van der Waals surface area contributed by atoms with E-state index in [-0.39, 0.29) is 78.2 Å². The average Bonchev–Trinajstić information content (AvgIpc) is 3.62. The Morgan fingerprint density at radius 1 is 0.708 bits per heavy atom. The molecule has 7 aromatic rings. The Morgan fingerprint density at radius 3 is 1.75 bits per heavy atom. The van der Waals surface area contributed by atoms with Crippen LogP contribution in [0.5, 0.6) is 11.8 Å². The fourth-order valence-corrected chi connectivity index (χ4v) is 10.2. The van der Waals surface area contributed by atoms with E-state index in [0.29, 0.717) is 59.2 Å². The first-order valence-electron chi connectivity index (χ1n) is 24.1. The van der Waals surface area contributed by atoms with E-state index in [4.69, 9.17) is 14.2 Å². The van der Waals surface area contributed by atoms with Gasteiger partial charge in [-0.1, -0.05) is 58.0 Å². The number of benzene rings is 1. The molecule has 4 aliphatic rings. The van der Waals surface area contributed by atoms with Gasteiger partial charge in [-0.2, -0.15) is 18.7 Å². The molecule has 21 heteroatoms. The zero-order chi connectivity index (χ0) is 50.7. The number of aromatic amines is 2. The molecule has 374 valence electrons. The molecule has 2 N–H and O–H groups in total. The van der Waals surface area contributed by atoms with Crippen LogP contribution in [-0.4, -0.2) is 102 Å². The molecule has 2 fully saturated rings. The molecule has 0 aliphatic carbocycles. The Morgan fingerprint density at radius 2 is 1.22 bits per heavy atom. The van der Waals surface area contributed by atoms with Crippen molar-refractivity contribution in [2.45, 2.75) is 91.3 Å². The number of piperazine rings is 1. The molecular weight excluding hydrogens is 933 g/mol. The van der Waals surface area contributed by atoms with Crippen LogP contribution in [0.3, 0.4) is 0 Å². The molecule has 4 aliphatic heterocycles. The minimum absolute atomic E-state index is 0.0166. The van der Waals surface area contributed by atoms with Gasteiger partial charge in [-0.25, -0.2) is 14.4 Å². The van der Waals surface area contributed by atoms with Crippen LogP contribution >= 0.6 is 0 Å². The summed E-state index contributed by atoms with van der Waals surface area (Å²) < 4.78 is 51.0. The normalized spacial score (nSPS) is 17.1. The predicted molar refractivity (Wildman–Crippen MR) is 264 cm³/mol. The van der Waals surface area contributed by atoms with Crippen molar-refractivity contribution in [1.82, 2.24) is 43.9 Å². The van der Waals surface area contributed by atoms with Crippen molar-refractivity contribution in [2.24, 2.45) is 0 Å². The van der Waals surface area contributed by atoms with Crippen molar-refractivity contribution in [2.75, 3.05) is 49.2 Å². The topological polar surface area (TPSA) is 216 Å². The van der Waals surface area contributed by atoms with Crippen molar-refractivity contribution in [1.29, 1.82) is 0 Å².